The molecule has 1 aromatic heterocycles. The molecule has 1 aromatic rings. The summed E-state index contributed by atoms with van der Waals surface area (Å²) in [6.07, 6.45) is 4.47. The molecule has 0 aliphatic heterocycles. The van der Waals surface area contributed by atoms with E-state index >= 15 is 0 Å². The Morgan fingerprint density at radius 2 is 2.09 bits per heavy atom. The van der Waals surface area contributed by atoms with Crippen LogP contribution in [0.25, 0.3) is 0 Å². The molecule has 0 spiro atoms. The summed E-state index contributed by atoms with van der Waals surface area (Å²) in [6, 6.07) is 0. The molecule has 0 aliphatic carbocycles. The third-order valence-electron chi connectivity index (χ3n) is 3.53. The molecule has 7 heteroatoms. The molecule has 0 fully saturated rings. The molecule has 0 saturated heterocycles. The highest BCUT2D eigenvalue weighted by Crippen LogP contribution is 2.15. The van der Waals surface area contributed by atoms with E-state index in [2.05, 4.69) is 36.2 Å². The van der Waals surface area contributed by atoms with E-state index in [0.717, 1.165) is 25.1 Å². The van der Waals surface area contributed by atoms with E-state index in [4.69, 9.17) is 10.3 Å². The Labute approximate surface area is 145 Å². The molecule has 1 rings (SSSR count). The Bertz CT molecular complexity index is 465. The van der Waals surface area contributed by atoms with Crippen LogP contribution in [0.15, 0.2) is 4.52 Å². The summed E-state index contributed by atoms with van der Waals surface area (Å²) in [4.78, 5) is 16.4. The molecule has 0 aliphatic rings. The maximum atomic E-state index is 12.1. The van der Waals surface area contributed by atoms with Gasteiger partial charge in [-0.2, -0.15) is 4.98 Å². The van der Waals surface area contributed by atoms with E-state index in [1.807, 2.05) is 6.92 Å². The number of halogens is 1. The maximum Gasteiger partial charge on any atom is 0.226 e. The molecule has 6 nitrogen and oxygen atoms in total. The van der Waals surface area contributed by atoms with Gasteiger partial charge in [-0.15, -0.1) is 12.4 Å². The molecule has 1 atom stereocenters. The van der Waals surface area contributed by atoms with Crippen LogP contribution >= 0.6 is 12.4 Å². The van der Waals surface area contributed by atoms with Gasteiger partial charge in [-0.1, -0.05) is 25.9 Å². The average Bonchev–Trinajstić information content (AvgIpc) is 2.86. The molecule has 0 saturated carbocycles. The van der Waals surface area contributed by atoms with Crippen LogP contribution in [-0.4, -0.2) is 28.1 Å². The van der Waals surface area contributed by atoms with Crippen LogP contribution in [0.2, 0.25) is 0 Å². The fourth-order valence-corrected chi connectivity index (χ4v) is 2.60. The monoisotopic (exact) mass is 346 g/mol. The van der Waals surface area contributed by atoms with E-state index in [9.17, 15) is 4.79 Å². The first-order valence-corrected chi connectivity index (χ1v) is 8.21. The van der Waals surface area contributed by atoms with Gasteiger partial charge in [-0.25, -0.2) is 0 Å². The van der Waals surface area contributed by atoms with Crippen molar-refractivity contribution in [2.24, 2.45) is 11.7 Å². The maximum absolute atomic E-state index is 12.1. The van der Waals surface area contributed by atoms with E-state index in [1.54, 1.807) is 0 Å². The van der Waals surface area contributed by atoms with Crippen LogP contribution in [0.1, 0.15) is 65.1 Å². The number of nitrogens with two attached hydrogens (primary N) is 1. The highest BCUT2D eigenvalue weighted by atomic mass is 35.5. The summed E-state index contributed by atoms with van der Waals surface area (Å²) in [6.45, 7) is 8.78. The minimum Gasteiger partial charge on any atom is -0.350 e. The van der Waals surface area contributed by atoms with E-state index in [-0.39, 0.29) is 23.9 Å². The first kappa shape index (κ1) is 21.9. The topological polar surface area (TPSA) is 94.0 Å². The second kappa shape index (κ2) is 10.6. The molecule has 134 valence electrons. The summed E-state index contributed by atoms with van der Waals surface area (Å²) in [5, 5.41) is 6.96. The summed E-state index contributed by atoms with van der Waals surface area (Å²) in [7, 11) is 0. The Morgan fingerprint density at radius 3 is 2.65 bits per heavy atom. The van der Waals surface area contributed by atoms with Crippen molar-refractivity contribution in [2.75, 3.05) is 6.54 Å². The van der Waals surface area contributed by atoms with Gasteiger partial charge in [0.05, 0.1) is 0 Å². The third kappa shape index (κ3) is 8.32. The van der Waals surface area contributed by atoms with Crippen molar-refractivity contribution in [2.45, 2.75) is 71.8 Å². The number of carbonyl (C=O) groups excluding carboxylic acids is 1. The number of aryl methyl sites for hydroxylation is 2. The predicted molar refractivity (Wildman–Crippen MR) is 93.5 cm³/mol. The van der Waals surface area contributed by atoms with Crippen LogP contribution in [0.5, 0.6) is 0 Å². The minimum atomic E-state index is -0.329. The molecule has 1 amide bonds. The van der Waals surface area contributed by atoms with Crippen molar-refractivity contribution in [1.29, 1.82) is 0 Å². The average molecular weight is 347 g/mol. The van der Waals surface area contributed by atoms with Crippen LogP contribution < -0.4 is 11.1 Å². The van der Waals surface area contributed by atoms with E-state index in [1.165, 1.54) is 0 Å². The van der Waals surface area contributed by atoms with Crippen molar-refractivity contribution < 1.29 is 9.32 Å². The zero-order chi connectivity index (χ0) is 16.6. The third-order valence-corrected chi connectivity index (χ3v) is 3.53. The largest absolute Gasteiger partial charge is 0.350 e. The molecule has 3 N–H and O–H groups in total. The van der Waals surface area contributed by atoms with Crippen LogP contribution in [0.3, 0.4) is 0 Å². The Kier molecular flexibility index (Phi) is 10.1. The van der Waals surface area contributed by atoms with E-state index in [0.29, 0.717) is 37.6 Å². The number of rotatable bonds is 10. The van der Waals surface area contributed by atoms with E-state index < -0.39 is 0 Å². The normalized spacial score (nSPS) is 13.5. The molecular formula is C16H31ClN4O2. The number of nitrogens with zero attached hydrogens (tertiary/aromatic N) is 2. The lowest BCUT2D eigenvalue weighted by atomic mass is 9.90. The van der Waals surface area contributed by atoms with Crippen molar-refractivity contribution in [3.05, 3.63) is 11.7 Å². The van der Waals surface area contributed by atoms with Gasteiger partial charge < -0.3 is 15.6 Å². The van der Waals surface area contributed by atoms with Gasteiger partial charge in [0.2, 0.25) is 11.8 Å². The number of nitrogens with one attached hydrogen (secondary N) is 1. The van der Waals surface area contributed by atoms with Crippen molar-refractivity contribution in [3.8, 4) is 0 Å². The van der Waals surface area contributed by atoms with Crippen LogP contribution in [0.4, 0.5) is 0 Å². The number of carbonyl (C=O) groups is 1. The van der Waals surface area contributed by atoms with Crippen LogP contribution in [-0.2, 0) is 17.6 Å². The molecule has 0 bridgehead atoms. The Balaban J connectivity index is 0.00000484. The Morgan fingerprint density at radius 1 is 1.39 bits per heavy atom. The molecule has 23 heavy (non-hydrogen) atoms. The molecule has 0 aromatic carbocycles. The standard InChI is InChI=1S/C16H30N4O2.ClH/c1-5-7-13-18-15(22-20-13)9-6-8-14(21)19-16(4,11-17)10-12(2)3;/h12H,5-11,17H2,1-4H3,(H,19,21);1H. The lowest BCUT2D eigenvalue weighted by molar-refractivity contribution is -0.123. The summed E-state index contributed by atoms with van der Waals surface area (Å²) >= 11 is 0. The predicted octanol–water partition coefficient (Wildman–Crippen LogP) is 2.65. The number of hydrogen-bond acceptors (Lipinski definition) is 5. The lowest BCUT2D eigenvalue weighted by Gasteiger charge is -2.31. The quantitative estimate of drug-likeness (QED) is 0.679. The van der Waals surface area contributed by atoms with Gasteiger partial charge in [0.25, 0.3) is 0 Å². The zero-order valence-corrected chi connectivity index (χ0v) is 15.5. The Hall–Kier alpha value is -1.14. The molecule has 0 radical (unpaired) electrons. The smallest absolute Gasteiger partial charge is 0.226 e. The SMILES string of the molecule is CCCc1noc(CCCC(=O)NC(C)(CN)CC(C)C)n1.Cl. The second-order valence-electron chi connectivity index (χ2n) is 6.62. The zero-order valence-electron chi connectivity index (χ0n) is 14.7. The first-order valence-electron chi connectivity index (χ1n) is 8.21. The molecule has 1 unspecified atom stereocenters. The highest BCUT2D eigenvalue weighted by Gasteiger charge is 2.25. The number of hydrogen-bond donors (Lipinski definition) is 2. The van der Waals surface area contributed by atoms with Gasteiger partial charge in [0, 0.05) is 31.3 Å². The van der Waals surface area contributed by atoms with Gasteiger partial charge in [0.15, 0.2) is 5.82 Å². The minimum absolute atomic E-state index is 0. The first-order chi connectivity index (χ1) is 10.4. The van der Waals surface area contributed by atoms with Crippen molar-refractivity contribution in [1.82, 2.24) is 15.5 Å². The van der Waals surface area contributed by atoms with Crippen LogP contribution in [0, 0.1) is 5.92 Å². The number of aromatic nitrogens is 2. The van der Waals surface area contributed by atoms with Gasteiger partial charge >= 0.3 is 0 Å². The lowest BCUT2D eigenvalue weighted by Crippen LogP contribution is -2.52. The fourth-order valence-electron chi connectivity index (χ4n) is 2.60. The highest BCUT2D eigenvalue weighted by molar-refractivity contribution is 5.85. The summed E-state index contributed by atoms with van der Waals surface area (Å²) in [5.74, 6) is 1.88. The van der Waals surface area contributed by atoms with Crippen molar-refractivity contribution >= 4 is 18.3 Å². The number of amides is 1. The van der Waals surface area contributed by atoms with Gasteiger partial charge in [-0.3, -0.25) is 4.79 Å². The van der Waals surface area contributed by atoms with Gasteiger partial charge in [0.1, 0.15) is 0 Å². The molecular weight excluding hydrogens is 316 g/mol. The summed E-state index contributed by atoms with van der Waals surface area (Å²) in [5.41, 5.74) is 5.48. The molecule has 1 heterocycles. The fraction of sp³-hybridized carbons (Fsp3) is 0.812. The summed E-state index contributed by atoms with van der Waals surface area (Å²) < 4.78 is 5.16. The van der Waals surface area contributed by atoms with Crippen molar-refractivity contribution in [3.63, 3.8) is 0 Å². The second-order valence-corrected chi connectivity index (χ2v) is 6.62. The van der Waals surface area contributed by atoms with Gasteiger partial charge in [-0.05, 0) is 32.1 Å².